The monoisotopic (exact) mass is 341 g/mol. The maximum absolute atomic E-state index is 9.04. The van der Waals surface area contributed by atoms with Gasteiger partial charge in [0.1, 0.15) is 5.82 Å². The van der Waals surface area contributed by atoms with Crippen LogP contribution in [0.2, 0.25) is 0 Å². The van der Waals surface area contributed by atoms with Crippen molar-refractivity contribution >= 4 is 0 Å². The van der Waals surface area contributed by atoms with Crippen LogP contribution in [0.15, 0.2) is 48.8 Å². The van der Waals surface area contributed by atoms with E-state index >= 15 is 0 Å². The number of fused-ring (bicyclic) bond motifs is 1. The van der Waals surface area contributed by atoms with Gasteiger partial charge in [0.25, 0.3) is 0 Å². The summed E-state index contributed by atoms with van der Waals surface area (Å²) >= 11 is 0. The van der Waals surface area contributed by atoms with Crippen LogP contribution in [0.1, 0.15) is 28.2 Å². The number of benzene rings is 1. The van der Waals surface area contributed by atoms with E-state index < -0.39 is 0 Å². The third-order valence-electron chi connectivity index (χ3n) is 4.65. The molecule has 0 bridgehead atoms. The number of hydrogen-bond acceptors (Lipinski definition) is 5. The van der Waals surface area contributed by atoms with E-state index in [1.807, 2.05) is 43.6 Å². The average Bonchev–Trinajstić information content (AvgIpc) is 2.69. The minimum Gasteiger partial charge on any atom is -0.294 e. The van der Waals surface area contributed by atoms with Crippen molar-refractivity contribution in [2.24, 2.45) is 0 Å². The van der Waals surface area contributed by atoms with E-state index in [0.717, 1.165) is 43.1 Å². The molecule has 0 saturated carbocycles. The Morgan fingerprint density at radius 1 is 1.15 bits per heavy atom. The van der Waals surface area contributed by atoms with Crippen molar-refractivity contribution in [2.45, 2.75) is 26.4 Å². The summed E-state index contributed by atoms with van der Waals surface area (Å²) in [5.41, 5.74) is 6.09. The van der Waals surface area contributed by atoms with Gasteiger partial charge in [-0.3, -0.25) is 9.88 Å². The van der Waals surface area contributed by atoms with Gasteiger partial charge in [0.15, 0.2) is 0 Å². The largest absolute Gasteiger partial charge is 0.294 e. The normalized spacial score (nSPS) is 13.8. The molecule has 4 rings (SSSR count). The topological polar surface area (TPSA) is 65.7 Å². The summed E-state index contributed by atoms with van der Waals surface area (Å²) in [6, 6.07) is 13.8. The molecule has 3 heterocycles. The summed E-state index contributed by atoms with van der Waals surface area (Å²) < 4.78 is 0. The first-order valence-electron chi connectivity index (χ1n) is 8.70. The highest BCUT2D eigenvalue weighted by molar-refractivity contribution is 5.61. The number of rotatable bonds is 3. The van der Waals surface area contributed by atoms with Crippen LogP contribution in [0.5, 0.6) is 0 Å². The van der Waals surface area contributed by atoms with Gasteiger partial charge in [-0.2, -0.15) is 5.26 Å². The van der Waals surface area contributed by atoms with Crippen LogP contribution in [0, 0.1) is 18.3 Å². The standard InChI is InChI=1S/C21H19N5/c1-15-23-12-19-14-26(8-7-21(19)25-15)13-17-5-6-20(24-11-17)18-4-2-3-16(9-18)10-22/h2-6,9,11-12H,7-8,13-14H2,1H3. The number of nitriles is 1. The minimum atomic E-state index is 0.651. The van der Waals surface area contributed by atoms with Crippen molar-refractivity contribution in [2.75, 3.05) is 6.54 Å². The van der Waals surface area contributed by atoms with Crippen molar-refractivity contribution in [1.82, 2.24) is 19.9 Å². The fourth-order valence-corrected chi connectivity index (χ4v) is 3.30. The van der Waals surface area contributed by atoms with E-state index in [1.54, 1.807) is 6.07 Å². The molecule has 0 saturated heterocycles. The Bertz CT molecular complexity index is 972. The molecule has 0 aliphatic carbocycles. The molecule has 1 aliphatic heterocycles. The zero-order valence-electron chi connectivity index (χ0n) is 14.7. The van der Waals surface area contributed by atoms with Gasteiger partial charge in [0.2, 0.25) is 0 Å². The first-order valence-corrected chi connectivity index (χ1v) is 8.70. The second-order valence-electron chi connectivity index (χ2n) is 6.59. The number of aromatic nitrogens is 3. The molecule has 2 aromatic heterocycles. The van der Waals surface area contributed by atoms with Gasteiger partial charge in [-0.1, -0.05) is 18.2 Å². The second-order valence-corrected chi connectivity index (χ2v) is 6.59. The van der Waals surface area contributed by atoms with E-state index in [0.29, 0.717) is 5.56 Å². The van der Waals surface area contributed by atoms with E-state index in [9.17, 15) is 0 Å². The van der Waals surface area contributed by atoms with Crippen molar-refractivity contribution in [3.8, 4) is 17.3 Å². The fourth-order valence-electron chi connectivity index (χ4n) is 3.30. The Balaban J connectivity index is 1.46. The van der Waals surface area contributed by atoms with Gasteiger partial charge >= 0.3 is 0 Å². The molecule has 26 heavy (non-hydrogen) atoms. The molecule has 128 valence electrons. The van der Waals surface area contributed by atoms with Crippen molar-refractivity contribution in [1.29, 1.82) is 5.26 Å². The molecule has 3 aromatic rings. The minimum absolute atomic E-state index is 0.651. The average molecular weight is 341 g/mol. The molecule has 0 fully saturated rings. The lowest BCUT2D eigenvalue weighted by Gasteiger charge is -2.27. The molecule has 0 N–H and O–H groups in total. The smallest absolute Gasteiger partial charge is 0.125 e. The molecule has 1 aliphatic rings. The van der Waals surface area contributed by atoms with Crippen LogP contribution in [0.25, 0.3) is 11.3 Å². The number of hydrogen-bond donors (Lipinski definition) is 0. The highest BCUT2D eigenvalue weighted by Crippen LogP contribution is 2.21. The van der Waals surface area contributed by atoms with Gasteiger partial charge < -0.3 is 0 Å². The lowest BCUT2D eigenvalue weighted by molar-refractivity contribution is 0.242. The van der Waals surface area contributed by atoms with E-state index in [4.69, 9.17) is 5.26 Å². The Morgan fingerprint density at radius 3 is 2.88 bits per heavy atom. The number of nitrogens with zero attached hydrogens (tertiary/aromatic N) is 5. The molecule has 0 atom stereocenters. The number of pyridine rings is 1. The van der Waals surface area contributed by atoms with Gasteiger partial charge in [-0.05, 0) is 30.7 Å². The SMILES string of the molecule is Cc1ncc2c(n1)CCN(Cc1ccc(-c3cccc(C#N)c3)nc1)C2. The van der Waals surface area contributed by atoms with Crippen LogP contribution in [0.3, 0.4) is 0 Å². The molecule has 1 aromatic carbocycles. The van der Waals surface area contributed by atoms with Crippen molar-refractivity contribution in [3.63, 3.8) is 0 Å². The summed E-state index contributed by atoms with van der Waals surface area (Å²) in [6.45, 7) is 4.67. The summed E-state index contributed by atoms with van der Waals surface area (Å²) in [5.74, 6) is 0.845. The molecule has 0 unspecified atom stereocenters. The lowest BCUT2D eigenvalue weighted by Crippen LogP contribution is -2.31. The van der Waals surface area contributed by atoms with E-state index in [2.05, 4.69) is 32.0 Å². The van der Waals surface area contributed by atoms with Crippen molar-refractivity contribution < 1.29 is 0 Å². The van der Waals surface area contributed by atoms with Crippen molar-refractivity contribution in [3.05, 3.63) is 77.0 Å². The van der Waals surface area contributed by atoms with Crippen LogP contribution in [-0.4, -0.2) is 26.4 Å². The zero-order chi connectivity index (χ0) is 17.9. The van der Waals surface area contributed by atoms with E-state index in [-0.39, 0.29) is 0 Å². The Hall–Kier alpha value is -3.10. The highest BCUT2D eigenvalue weighted by atomic mass is 15.1. The predicted molar refractivity (Wildman–Crippen MR) is 99.0 cm³/mol. The second kappa shape index (κ2) is 7.03. The lowest BCUT2D eigenvalue weighted by atomic mass is 10.1. The molecule has 5 heteroatoms. The summed E-state index contributed by atoms with van der Waals surface area (Å²) in [6.07, 6.45) is 4.84. The Kier molecular flexibility index (Phi) is 4.42. The highest BCUT2D eigenvalue weighted by Gasteiger charge is 2.18. The van der Waals surface area contributed by atoms with Crippen LogP contribution in [-0.2, 0) is 19.5 Å². The van der Waals surface area contributed by atoms with Gasteiger partial charge in [-0.25, -0.2) is 9.97 Å². The molecule has 0 amide bonds. The van der Waals surface area contributed by atoms with Crippen LogP contribution >= 0.6 is 0 Å². The third kappa shape index (κ3) is 3.46. The molecular weight excluding hydrogens is 322 g/mol. The third-order valence-corrected chi connectivity index (χ3v) is 4.65. The zero-order valence-corrected chi connectivity index (χ0v) is 14.7. The Morgan fingerprint density at radius 2 is 2.08 bits per heavy atom. The number of aryl methyl sites for hydroxylation is 1. The maximum atomic E-state index is 9.04. The molecule has 5 nitrogen and oxygen atoms in total. The van der Waals surface area contributed by atoms with Gasteiger partial charge in [0, 0.05) is 55.3 Å². The summed E-state index contributed by atoms with van der Waals surface area (Å²) in [7, 11) is 0. The fraction of sp³-hybridized carbons (Fsp3) is 0.238. The Labute approximate surface area is 153 Å². The first-order chi connectivity index (χ1) is 12.7. The van der Waals surface area contributed by atoms with Crippen LogP contribution < -0.4 is 0 Å². The molecular formula is C21H19N5. The summed E-state index contributed by atoms with van der Waals surface area (Å²) in [5, 5.41) is 9.04. The summed E-state index contributed by atoms with van der Waals surface area (Å²) in [4.78, 5) is 15.8. The van der Waals surface area contributed by atoms with Gasteiger partial charge in [0.05, 0.1) is 17.3 Å². The predicted octanol–water partition coefficient (Wildman–Crippen LogP) is 3.28. The first kappa shape index (κ1) is 16.4. The van der Waals surface area contributed by atoms with Gasteiger partial charge in [-0.15, -0.1) is 0 Å². The van der Waals surface area contributed by atoms with Crippen LogP contribution in [0.4, 0.5) is 0 Å². The van der Waals surface area contributed by atoms with E-state index in [1.165, 1.54) is 16.8 Å². The maximum Gasteiger partial charge on any atom is 0.125 e. The quantitative estimate of drug-likeness (QED) is 0.731. The molecule has 0 spiro atoms. The molecule has 0 radical (unpaired) electrons.